The number of allylic oxidation sites excluding steroid dienone is 1. The van der Waals surface area contributed by atoms with Crippen molar-refractivity contribution < 1.29 is 9.53 Å². The van der Waals surface area contributed by atoms with E-state index in [0.717, 1.165) is 6.42 Å². The first kappa shape index (κ1) is 10.4. The second kappa shape index (κ2) is 6.10. The van der Waals surface area contributed by atoms with E-state index in [4.69, 9.17) is 4.74 Å². The number of Topliss-reactive ketones (excluding diaryl/α,β-unsaturated/α-hetero) is 1. The molecule has 2 nitrogen and oxygen atoms in total. The zero-order valence-corrected chi connectivity index (χ0v) is 7.52. The molecular formula is C9H16O2. The highest BCUT2D eigenvalue weighted by Gasteiger charge is 1.91. The monoisotopic (exact) mass is 156 g/mol. The molecule has 0 atom stereocenters. The first-order valence-electron chi connectivity index (χ1n) is 3.81. The van der Waals surface area contributed by atoms with E-state index in [0.29, 0.717) is 13.0 Å². The van der Waals surface area contributed by atoms with E-state index in [1.165, 1.54) is 5.57 Å². The van der Waals surface area contributed by atoms with Crippen LogP contribution in [0.4, 0.5) is 0 Å². The molecule has 64 valence electrons. The maximum Gasteiger partial charge on any atom is 0.130 e. The molecule has 0 aromatic rings. The smallest absolute Gasteiger partial charge is 0.130 e. The minimum Gasteiger partial charge on any atom is -0.380 e. The standard InChI is InChI=1S/C9H16O2/c1-8(7-11-3)5-4-6-9(2)10/h5H,4,6-7H2,1-3H3/b8-5+. The van der Waals surface area contributed by atoms with E-state index >= 15 is 0 Å². The molecule has 0 aliphatic heterocycles. The molecule has 0 unspecified atom stereocenters. The minimum atomic E-state index is 0.242. The Balaban J connectivity index is 3.47. The number of rotatable bonds is 5. The highest BCUT2D eigenvalue weighted by atomic mass is 16.5. The number of hydrogen-bond acceptors (Lipinski definition) is 2. The van der Waals surface area contributed by atoms with Gasteiger partial charge in [-0.1, -0.05) is 11.6 Å². The Hall–Kier alpha value is -0.630. The van der Waals surface area contributed by atoms with Gasteiger partial charge < -0.3 is 9.53 Å². The van der Waals surface area contributed by atoms with Crippen LogP contribution in [0.15, 0.2) is 11.6 Å². The number of ether oxygens (including phenoxy) is 1. The predicted octanol–water partition coefficient (Wildman–Crippen LogP) is 1.95. The number of carbonyl (C=O) groups is 1. The first-order chi connectivity index (χ1) is 5.16. The Morgan fingerprint density at radius 3 is 2.55 bits per heavy atom. The van der Waals surface area contributed by atoms with Crippen molar-refractivity contribution >= 4 is 5.78 Å². The largest absolute Gasteiger partial charge is 0.380 e. The molecule has 0 aliphatic rings. The second-order valence-electron chi connectivity index (χ2n) is 2.72. The quantitative estimate of drug-likeness (QED) is 0.569. The third-order valence-electron chi connectivity index (χ3n) is 1.36. The third-order valence-corrected chi connectivity index (χ3v) is 1.36. The van der Waals surface area contributed by atoms with Gasteiger partial charge in [-0.25, -0.2) is 0 Å². The predicted molar refractivity (Wildman–Crippen MR) is 45.5 cm³/mol. The summed E-state index contributed by atoms with van der Waals surface area (Å²) in [6.45, 7) is 4.28. The first-order valence-corrected chi connectivity index (χ1v) is 3.81. The van der Waals surface area contributed by atoms with Crippen molar-refractivity contribution in [3.05, 3.63) is 11.6 Å². The van der Waals surface area contributed by atoms with Gasteiger partial charge in [0.1, 0.15) is 5.78 Å². The van der Waals surface area contributed by atoms with Gasteiger partial charge in [0.05, 0.1) is 6.61 Å². The minimum absolute atomic E-state index is 0.242. The summed E-state index contributed by atoms with van der Waals surface area (Å²) in [4.78, 5) is 10.5. The number of methoxy groups -OCH3 is 1. The molecule has 11 heavy (non-hydrogen) atoms. The average Bonchev–Trinajstić information content (AvgIpc) is 1.87. The van der Waals surface area contributed by atoms with Gasteiger partial charge in [-0.05, 0) is 20.3 Å². The Morgan fingerprint density at radius 2 is 2.09 bits per heavy atom. The van der Waals surface area contributed by atoms with Gasteiger partial charge in [0.2, 0.25) is 0 Å². The lowest BCUT2D eigenvalue weighted by Gasteiger charge is -1.97. The van der Waals surface area contributed by atoms with Gasteiger partial charge in [-0.3, -0.25) is 0 Å². The number of ketones is 1. The molecule has 0 heterocycles. The molecule has 0 saturated carbocycles. The molecule has 0 aromatic heterocycles. The highest BCUT2D eigenvalue weighted by Crippen LogP contribution is 1.98. The van der Waals surface area contributed by atoms with Crippen LogP contribution in [0.1, 0.15) is 26.7 Å². The van der Waals surface area contributed by atoms with E-state index in [2.05, 4.69) is 0 Å². The summed E-state index contributed by atoms with van der Waals surface area (Å²) in [5.74, 6) is 0.242. The molecule has 0 bridgehead atoms. The maximum atomic E-state index is 10.5. The van der Waals surface area contributed by atoms with Crippen molar-refractivity contribution in [1.82, 2.24) is 0 Å². The SMILES string of the molecule is COC/C(C)=C/CCC(C)=O. The lowest BCUT2D eigenvalue weighted by molar-refractivity contribution is -0.116. The fourth-order valence-electron chi connectivity index (χ4n) is 0.808. The van der Waals surface area contributed by atoms with E-state index < -0.39 is 0 Å². The van der Waals surface area contributed by atoms with Crippen molar-refractivity contribution in [2.45, 2.75) is 26.7 Å². The molecule has 0 rings (SSSR count). The van der Waals surface area contributed by atoms with Crippen molar-refractivity contribution in [3.63, 3.8) is 0 Å². The fraction of sp³-hybridized carbons (Fsp3) is 0.667. The molecule has 0 radical (unpaired) electrons. The van der Waals surface area contributed by atoms with Crippen LogP contribution < -0.4 is 0 Å². The fourth-order valence-corrected chi connectivity index (χ4v) is 0.808. The average molecular weight is 156 g/mol. The number of carbonyl (C=O) groups excluding carboxylic acids is 1. The van der Waals surface area contributed by atoms with Gasteiger partial charge in [0.15, 0.2) is 0 Å². The molecule has 0 amide bonds. The third kappa shape index (κ3) is 7.26. The molecule has 2 heteroatoms. The van der Waals surface area contributed by atoms with Gasteiger partial charge in [0, 0.05) is 13.5 Å². The van der Waals surface area contributed by atoms with E-state index in [1.54, 1.807) is 14.0 Å². The van der Waals surface area contributed by atoms with Gasteiger partial charge in [0.25, 0.3) is 0 Å². The Bertz CT molecular complexity index is 148. The second-order valence-corrected chi connectivity index (χ2v) is 2.72. The Labute approximate surface area is 68.2 Å². The van der Waals surface area contributed by atoms with Crippen molar-refractivity contribution in [3.8, 4) is 0 Å². The van der Waals surface area contributed by atoms with Gasteiger partial charge in [-0.15, -0.1) is 0 Å². The lowest BCUT2D eigenvalue weighted by Crippen LogP contribution is -1.91. The van der Waals surface area contributed by atoms with E-state index in [9.17, 15) is 4.79 Å². The van der Waals surface area contributed by atoms with Crippen molar-refractivity contribution in [1.29, 1.82) is 0 Å². The summed E-state index contributed by atoms with van der Waals surface area (Å²) >= 11 is 0. The van der Waals surface area contributed by atoms with Crippen molar-refractivity contribution in [2.75, 3.05) is 13.7 Å². The molecule has 0 fully saturated rings. The van der Waals surface area contributed by atoms with Crippen LogP contribution in [0, 0.1) is 0 Å². The summed E-state index contributed by atoms with van der Waals surface area (Å²) in [6, 6.07) is 0. The topological polar surface area (TPSA) is 26.3 Å². The van der Waals surface area contributed by atoms with Crippen LogP contribution in [0.25, 0.3) is 0 Å². The normalized spacial score (nSPS) is 11.7. The summed E-state index contributed by atoms with van der Waals surface area (Å²) in [6.07, 6.45) is 3.52. The molecule has 0 aromatic carbocycles. The van der Waals surface area contributed by atoms with Crippen LogP contribution >= 0.6 is 0 Å². The molecule has 0 spiro atoms. The number of hydrogen-bond donors (Lipinski definition) is 0. The van der Waals surface area contributed by atoms with Gasteiger partial charge in [-0.2, -0.15) is 0 Å². The van der Waals surface area contributed by atoms with E-state index in [1.807, 2.05) is 13.0 Å². The highest BCUT2D eigenvalue weighted by molar-refractivity contribution is 5.75. The summed E-state index contributed by atoms with van der Waals surface area (Å²) in [7, 11) is 1.67. The summed E-state index contributed by atoms with van der Waals surface area (Å²) in [5.41, 5.74) is 1.19. The van der Waals surface area contributed by atoms with Crippen molar-refractivity contribution in [2.24, 2.45) is 0 Å². The molecule has 0 aliphatic carbocycles. The van der Waals surface area contributed by atoms with E-state index in [-0.39, 0.29) is 5.78 Å². The molecular weight excluding hydrogens is 140 g/mol. The Morgan fingerprint density at radius 1 is 1.45 bits per heavy atom. The molecule has 0 saturated heterocycles. The van der Waals surface area contributed by atoms with Crippen LogP contribution in [-0.4, -0.2) is 19.5 Å². The lowest BCUT2D eigenvalue weighted by atomic mass is 10.2. The molecule has 0 N–H and O–H groups in total. The summed E-state index contributed by atoms with van der Waals surface area (Å²) < 4.78 is 4.91. The Kier molecular flexibility index (Phi) is 5.75. The summed E-state index contributed by atoms with van der Waals surface area (Å²) in [5, 5.41) is 0. The van der Waals surface area contributed by atoms with Crippen LogP contribution in [0.5, 0.6) is 0 Å². The van der Waals surface area contributed by atoms with Crippen LogP contribution in [-0.2, 0) is 9.53 Å². The zero-order valence-electron chi connectivity index (χ0n) is 7.52. The van der Waals surface area contributed by atoms with Gasteiger partial charge >= 0.3 is 0 Å². The van der Waals surface area contributed by atoms with Crippen LogP contribution in [0.2, 0.25) is 0 Å². The zero-order chi connectivity index (χ0) is 8.69. The van der Waals surface area contributed by atoms with Crippen LogP contribution in [0.3, 0.4) is 0 Å². The maximum absolute atomic E-state index is 10.5.